The number of piperidine rings is 1. The number of ether oxygens (including phenoxy) is 2. The van der Waals surface area contributed by atoms with Gasteiger partial charge in [-0.15, -0.1) is 0 Å². The number of hydrogen-bond donors (Lipinski definition) is 0. The standard InChI is InChI=1S/C31H42N2O4/c1-5-37-28(35)29(2,3)27(34)33-18-21-16-30-11-10-24(33)26(21)31(30)12-13-32(17-19-6-7-19)25(30)14-20-8-9-22(36-4)15-23(20)31/h8-9,15,19,21,24-26H,5-7,10-14,16-18H2,1-4H3/t21-,24?,25-,26?,30-,31+/m1/s1. The van der Waals surface area contributed by atoms with E-state index >= 15 is 0 Å². The summed E-state index contributed by atoms with van der Waals surface area (Å²) in [4.78, 5) is 31.7. The maximum absolute atomic E-state index is 14.0. The van der Waals surface area contributed by atoms with Gasteiger partial charge in [-0.2, -0.15) is 0 Å². The molecule has 4 aliphatic carbocycles. The topological polar surface area (TPSA) is 59.1 Å². The molecule has 0 spiro atoms. The SMILES string of the molecule is CCOC(=O)C(C)(C)C(=O)N1C[C@H]2C[C@@]34CCC1C2[C@@]31CCN(CC2CC2)[C@@H]4Cc2ccc(OC)cc21. The molecule has 2 unspecified atom stereocenters. The molecular weight excluding hydrogens is 464 g/mol. The second-order valence-electron chi connectivity index (χ2n) is 13.5. The number of esters is 1. The fourth-order valence-corrected chi connectivity index (χ4v) is 10.1. The summed E-state index contributed by atoms with van der Waals surface area (Å²) in [5.41, 5.74) is 2.25. The molecule has 0 N–H and O–H groups in total. The molecule has 2 heterocycles. The molecule has 7 rings (SSSR count). The number of rotatable bonds is 6. The van der Waals surface area contributed by atoms with E-state index in [1.807, 2.05) is 0 Å². The Labute approximate surface area is 221 Å². The lowest BCUT2D eigenvalue weighted by Gasteiger charge is -2.66. The van der Waals surface area contributed by atoms with Gasteiger partial charge in [-0.1, -0.05) is 6.07 Å². The highest BCUT2D eigenvalue weighted by Crippen LogP contribution is 2.75. The fraction of sp³-hybridized carbons (Fsp3) is 0.742. The summed E-state index contributed by atoms with van der Waals surface area (Å²) in [6.45, 7) is 8.82. The fourth-order valence-electron chi connectivity index (χ4n) is 10.1. The average Bonchev–Trinajstić information content (AvgIpc) is 3.58. The maximum Gasteiger partial charge on any atom is 0.321 e. The van der Waals surface area contributed by atoms with E-state index in [9.17, 15) is 9.59 Å². The number of carbonyl (C=O) groups excluding carboxylic acids is 2. The van der Waals surface area contributed by atoms with Crippen molar-refractivity contribution in [1.29, 1.82) is 0 Å². The molecule has 5 fully saturated rings. The average molecular weight is 507 g/mol. The highest BCUT2D eigenvalue weighted by atomic mass is 16.5. The highest BCUT2D eigenvalue weighted by Gasteiger charge is 2.76. The van der Waals surface area contributed by atoms with Crippen LogP contribution in [0.15, 0.2) is 18.2 Å². The lowest BCUT2D eigenvalue weighted by atomic mass is 9.43. The van der Waals surface area contributed by atoms with Crippen LogP contribution in [0.4, 0.5) is 0 Å². The van der Waals surface area contributed by atoms with Gasteiger partial charge in [0, 0.05) is 30.6 Å². The van der Waals surface area contributed by atoms with Crippen molar-refractivity contribution in [3.8, 4) is 5.75 Å². The van der Waals surface area contributed by atoms with E-state index < -0.39 is 11.4 Å². The Bertz CT molecular complexity index is 1140. The van der Waals surface area contributed by atoms with Gasteiger partial charge in [-0.05, 0) is 119 Å². The predicted octanol–water partition coefficient (Wildman–Crippen LogP) is 4.19. The molecule has 37 heavy (non-hydrogen) atoms. The summed E-state index contributed by atoms with van der Waals surface area (Å²) in [7, 11) is 1.77. The Morgan fingerprint density at radius 2 is 1.97 bits per heavy atom. The van der Waals surface area contributed by atoms with Crippen LogP contribution >= 0.6 is 0 Å². The van der Waals surface area contributed by atoms with E-state index in [1.165, 1.54) is 49.8 Å². The molecule has 1 aromatic carbocycles. The van der Waals surface area contributed by atoms with Crippen molar-refractivity contribution >= 4 is 11.9 Å². The minimum atomic E-state index is -1.15. The summed E-state index contributed by atoms with van der Waals surface area (Å²) in [5.74, 6) is 2.36. The third-order valence-corrected chi connectivity index (χ3v) is 11.6. The van der Waals surface area contributed by atoms with Crippen LogP contribution in [0.25, 0.3) is 0 Å². The van der Waals surface area contributed by atoms with Gasteiger partial charge in [-0.3, -0.25) is 14.5 Å². The van der Waals surface area contributed by atoms with E-state index in [0.717, 1.165) is 37.6 Å². The van der Waals surface area contributed by atoms with Crippen LogP contribution in [-0.2, 0) is 26.2 Å². The number of carbonyl (C=O) groups is 2. The molecule has 3 saturated carbocycles. The zero-order chi connectivity index (χ0) is 25.7. The molecular formula is C31H42N2O4. The molecule has 2 aliphatic heterocycles. The monoisotopic (exact) mass is 506 g/mol. The van der Waals surface area contributed by atoms with Crippen LogP contribution in [0.2, 0.25) is 0 Å². The van der Waals surface area contributed by atoms with E-state index in [1.54, 1.807) is 27.9 Å². The Hall–Kier alpha value is -2.08. The van der Waals surface area contributed by atoms with Crippen molar-refractivity contribution in [2.45, 2.75) is 83.2 Å². The van der Waals surface area contributed by atoms with Gasteiger partial charge in [0.05, 0.1) is 13.7 Å². The molecule has 200 valence electrons. The largest absolute Gasteiger partial charge is 0.497 e. The van der Waals surface area contributed by atoms with Crippen molar-refractivity contribution in [3.05, 3.63) is 29.3 Å². The molecule has 1 aromatic rings. The number of methoxy groups -OCH3 is 1. The van der Waals surface area contributed by atoms with Gasteiger partial charge in [-0.25, -0.2) is 0 Å². The van der Waals surface area contributed by atoms with Crippen LogP contribution in [-0.4, -0.2) is 67.1 Å². The molecule has 6 nitrogen and oxygen atoms in total. The first kappa shape index (κ1) is 24.0. The first-order valence-electron chi connectivity index (χ1n) is 14.7. The Morgan fingerprint density at radius 3 is 2.70 bits per heavy atom. The normalized spacial score (nSPS) is 37.7. The van der Waals surface area contributed by atoms with Gasteiger partial charge in [0.1, 0.15) is 11.2 Å². The van der Waals surface area contributed by atoms with Crippen molar-refractivity contribution in [3.63, 3.8) is 0 Å². The second-order valence-corrected chi connectivity index (χ2v) is 13.5. The Kier molecular flexibility index (Phi) is 5.17. The quantitative estimate of drug-likeness (QED) is 0.428. The second kappa shape index (κ2) is 7.97. The predicted molar refractivity (Wildman–Crippen MR) is 140 cm³/mol. The highest BCUT2D eigenvalue weighted by molar-refractivity contribution is 6.02. The lowest BCUT2D eigenvalue weighted by molar-refractivity contribution is -0.165. The Balaban J connectivity index is 1.31. The number of nitrogens with zero attached hydrogens (tertiary/aromatic N) is 2. The molecule has 6 heteroatoms. The summed E-state index contributed by atoms with van der Waals surface area (Å²) in [6, 6.07) is 7.64. The first-order valence-corrected chi connectivity index (χ1v) is 14.7. The molecule has 2 saturated heterocycles. The third kappa shape index (κ3) is 3.02. The zero-order valence-corrected chi connectivity index (χ0v) is 22.9. The van der Waals surface area contributed by atoms with Crippen LogP contribution < -0.4 is 4.74 Å². The molecule has 0 radical (unpaired) electrons. The van der Waals surface area contributed by atoms with E-state index in [-0.39, 0.29) is 22.8 Å². The van der Waals surface area contributed by atoms with Crippen molar-refractivity contribution in [1.82, 2.24) is 9.80 Å². The minimum absolute atomic E-state index is 0.0429. The van der Waals surface area contributed by atoms with Gasteiger partial charge < -0.3 is 14.4 Å². The van der Waals surface area contributed by atoms with Crippen molar-refractivity contribution < 1.29 is 19.1 Å². The Morgan fingerprint density at radius 1 is 1.16 bits per heavy atom. The lowest BCUT2D eigenvalue weighted by Crippen LogP contribution is -2.70. The van der Waals surface area contributed by atoms with Gasteiger partial charge >= 0.3 is 5.97 Å². The maximum atomic E-state index is 14.0. The van der Waals surface area contributed by atoms with Gasteiger partial charge in [0.25, 0.3) is 0 Å². The van der Waals surface area contributed by atoms with Gasteiger partial charge in [0.15, 0.2) is 0 Å². The zero-order valence-electron chi connectivity index (χ0n) is 22.9. The van der Waals surface area contributed by atoms with Crippen LogP contribution in [0.1, 0.15) is 70.4 Å². The molecule has 4 bridgehead atoms. The minimum Gasteiger partial charge on any atom is -0.497 e. The number of amides is 1. The molecule has 6 atom stereocenters. The smallest absolute Gasteiger partial charge is 0.321 e. The summed E-state index contributed by atoms with van der Waals surface area (Å²) < 4.78 is 11.1. The molecule has 0 aromatic heterocycles. The van der Waals surface area contributed by atoms with E-state index in [2.05, 4.69) is 28.0 Å². The number of likely N-dealkylation sites (tertiary alicyclic amines) is 2. The number of hydrogen-bond acceptors (Lipinski definition) is 5. The first-order chi connectivity index (χ1) is 17.8. The van der Waals surface area contributed by atoms with Crippen molar-refractivity contribution in [2.75, 3.05) is 33.4 Å². The summed E-state index contributed by atoms with van der Waals surface area (Å²) in [5, 5.41) is 0. The van der Waals surface area contributed by atoms with Crippen LogP contribution in [0.3, 0.4) is 0 Å². The summed E-state index contributed by atoms with van der Waals surface area (Å²) >= 11 is 0. The van der Waals surface area contributed by atoms with Crippen LogP contribution in [0, 0.1) is 28.6 Å². The van der Waals surface area contributed by atoms with Gasteiger partial charge in [0.2, 0.25) is 5.91 Å². The number of fused-ring (bicyclic) bond motifs is 1. The number of benzene rings is 1. The van der Waals surface area contributed by atoms with Crippen LogP contribution in [0.5, 0.6) is 5.75 Å². The molecule has 1 amide bonds. The van der Waals surface area contributed by atoms with Crippen molar-refractivity contribution in [2.24, 2.45) is 28.6 Å². The van der Waals surface area contributed by atoms with E-state index in [0.29, 0.717) is 24.5 Å². The van der Waals surface area contributed by atoms with E-state index in [4.69, 9.17) is 9.47 Å². The summed E-state index contributed by atoms with van der Waals surface area (Å²) in [6.07, 6.45) is 8.57. The third-order valence-electron chi connectivity index (χ3n) is 11.6. The molecule has 6 aliphatic rings.